The van der Waals surface area contributed by atoms with Gasteiger partial charge in [0.05, 0.1) is 24.8 Å². The zero-order valence-corrected chi connectivity index (χ0v) is 23.9. The number of pyridine rings is 1. The molecule has 9 heteroatoms. The minimum atomic E-state index is -0.657. The van der Waals surface area contributed by atoms with E-state index in [1.807, 2.05) is 26.8 Å². The van der Waals surface area contributed by atoms with E-state index in [1.54, 1.807) is 36.7 Å². The van der Waals surface area contributed by atoms with E-state index in [4.69, 9.17) is 18.8 Å². The average molecular weight is 534 g/mol. The number of benzene rings is 1. The number of esters is 1. The summed E-state index contributed by atoms with van der Waals surface area (Å²) in [6.07, 6.45) is 5.56. The topological polar surface area (TPSA) is 96.0 Å². The van der Waals surface area contributed by atoms with Gasteiger partial charge >= 0.3 is 13.1 Å². The SMILES string of the molecule is COc1c(CC(NC(=O)c2ccncc2)B2OC3CC4CC(C4(C)C)C3(C)O2)cccc1C(=O)OC(C)(C)C. The van der Waals surface area contributed by atoms with Gasteiger partial charge in [0, 0.05) is 18.0 Å². The zero-order chi connectivity index (χ0) is 28.2. The molecule has 5 unspecified atom stereocenters. The van der Waals surface area contributed by atoms with E-state index < -0.39 is 30.2 Å². The van der Waals surface area contributed by atoms with Crippen molar-refractivity contribution in [1.82, 2.24) is 10.3 Å². The van der Waals surface area contributed by atoms with Crippen LogP contribution in [0.15, 0.2) is 42.7 Å². The van der Waals surface area contributed by atoms with Gasteiger partial charge in [0.1, 0.15) is 16.9 Å². The maximum atomic E-state index is 13.3. The molecule has 1 amide bonds. The zero-order valence-electron chi connectivity index (χ0n) is 23.9. The molecule has 208 valence electrons. The Morgan fingerprint density at radius 1 is 1.15 bits per heavy atom. The van der Waals surface area contributed by atoms with E-state index in [0.29, 0.717) is 35.1 Å². The quantitative estimate of drug-likeness (QED) is 0.408. The molecule has 3 aliphatic carbocycles. The van der Waals surface area contributed by atoms with Crippen molar-refractivity contribution in [3.63, 3.8) is 0 Å². The predicted molar refractivity (Wildman–Crippen MR) is 147 cm³/mol. The molecule has 3 saturated carbocycles. The molecule has 0 spiro atoms. The second kappa shape index (κ2) is 9.93. The van der Waals surface area contributed by atoms with Gasteiger partial charge in [0.25, 0.3) is 5.91 Å². The van der Waals surface area contributed by atoms with Crippen LogP contribution in [0.4, 0.5) is 0 Å². The maximum Gasteiger partial charge on any atom is 0.482 e. The van der Waals surface area contributed by atoms with Gasteiger partial charge in [0.2, 0.25) is 0 Å². The Hall–Kier alpha value is -2.91. The summed E-state index contributed by atoms with van der Waals surface area (Å²) in [6, 6.07) is 8.72. The third-order valence-electron chi connectivity index (χ3n) is 8.92. The summed E-state index contributed by atoms with van der Waals surface area (Å²) >= 11 is 0. The Morgan fingerprint density at radius 2 is 1.87 bits per heavy atom. The molecule has 2 aromatic rings. The molecule has 1 aromatic carbocycles. The molecule has 5 atom stereocenters. The summed E-state index contributed by atoms with van der Waals surface area (Å²) in [5.74, 6) is 0.170. The number of hydrogen-bond acceptors (Lipinski definition) is 7. The van der Waals surface area contributed by atoms with Crippen LogP contribution in [0.2, 0.25) is 0 Å². The molecule has 4 aliphatic rings. The molecule has 1 saturated heterocycles. The Balaban J connectivity index is 1.45. The van der Waals surface area contributed by atoms with Gasteiger partial charge in [-0.3, -0.25) is 9.78 Å². The molecule has 1 aliphatic heterocycles. The highest BCUT2D eigenvalue weighted by Crippen LogP contribution is 2.65. The van der Waals surface area contributed by atoms with Gasteiger partial charge in [0.15, 0.2) is 0 Å². The standard InChI is InChI=1S/C30H39BN2O6/c1-28(2,3)37-27(35)21-10-8-9-19(25(21)36-7)15-24(33-26(34)18-11-13-32-14-12-18)31-38-23-17-20-16-22(29(20,4)5)30(23,6)39-31/h8-14,20,22-24H,15-17H2,1-7H3,(H,33,34). The second-order valence-electron chi connectivity index (χ2n) is 12.9. The molecule has 1 aromatic heterocycles. The number of carbonyl (C=O) groups is 2. The normalized spacial score (nSPS) is 27.7. The monoisotopic (exact) mass is 534 g/mol. The van der Waals surface area contributed by atoms with Crippen LogP contribution >= 0.6 is 0 Å². The third-order valence-corrected chi connectivity index (χ3v) is 8.92. The van der Waals surface area contributed by atoms with E-state index in [9.17, 15) is 9.59 Å². The van der Waals surface area contributed by atoms with Gasteiger partial charge in [-0.1, -0.05) is 26.0 Å². The van der Waals surface area contributed by atoms with Gasteiger partial charge < -0.3 is 24.1 Å². The fourth-order valence-electron chi connectivity index (χ4n) is 6.76. The van der Waals surface area contributed by atoms with Gasteiger partial charge in [-0.05, 0) is 88.0 Å². The molecule has 2 heterocycles. The second-order valence-corrected chi connectivity index (χ2v) is 12.9. The van der Waals surface area contributed by atoms with Crippen molar-refractivity contribution in [1.29, 1.82) is 0 Å². The van der Waals surface area contributed by atoms with Crippen molar-refractivity contribution in [2.24, 2.45) is 17.3 Å². The number of rotatable bonds is 7. The van der Waals surface area contributed by atoms with Gasteiger partial charge in [-0.25, -0.2) is 4.79 Å². The lowest BCUT2D eigenvalue weighted by molar-refractivity contribution is -0.199. The Bertz CT molecular complexity index is 1250. The lowest BCUT2D eigenvalue weighted by Crippen LogP contribution is -2.65. The minimum absolute atomic E-state index is 0.0328. The minimum Gasteiger partial charge on any atom is -0.496 e. The third kappa shape index (κ3) is 5.07. The highest BCUT2D eigenvalue weighted by atomic mass is 16.7. The van der Waals surface area contributed by atoms with Crippen molar-refractivity contribution in [2.75, 3.05) is 7.11 Å². The molecular formula is C30H39BN2O6. The summed E-state index contributed by atoms with van der Waals surface area (Å²) in [5.41, 5.74) is 0.702. The Morgan fingerprint density at radius 3 is 2.51 bits per heavy atom. The largest absolute Gasteiger partial charge is 0.496 e. The summed E-state index contributed by atoms with van der Waals surface area (Å²) in [6.45, 7) is 12.3. The number of amides is 1. The van der Waals surface area contributed by atoms with Crippen LogP contribution in [0.5, 0.6) is 5.75 Å². The van der Waals surface area contributed by atoms with Crippen LogP contribution in [-0.4, -0.2) is 54.3 Å². The first kappa shape index (κ1) is 27.7. The van der Waals surface area contributed by atoms with Crippen molar-refractivity contribution < 1.29 is 28.4 Å². The first-order valence-corrected chi connectivity index (χ1v) is 13.8. The first-order chi connectivity index (χ1) is 18.3. The van der Waals surface area contributed by atoms with E-state index in [-0.39, 0.29) is 17.4 Å². The summed E-state index contributed by atoms with van der Waals surface area (Å²) in [4.78, 5) is 30.3. The van der Waals surface area contributed by atoms with Crippen LogP contribution in [0.25, 0.3) is 0 Å². The number of carbonyl (C=O) groups excluding carboxylic acids is 2. The highest BCUT2D eigenvalue weighted by molar-refractivity contribution is 6.48. The maximum absolute atomic E-state index is 13.3. The molecule has 39 heavy (non-hydrogen) atoms. The van der Waals surface area contributed by atoms with Crippen LogP contribution in [0.3, 0.4) is 0 Å². The molecule has 0 radical (unpaired) electrons. The molecule has 8 nitrogen and oxygen atoms in total. The molecule has 1 N–H and O–H groups in total. The van der Waals surface area contributed by atoms with E-state index in [0.717, 1.165) is 18.4 Å². The number of nitrogens with zero attached hydrogens (tertiary/aromatic N) is 1. The van der Waals surface area contributed by atoms with Crippen LogP contribution in [-0.2, 0) is 20.5 Å². The fraction of sp³-hybridized carbons (Fsp3) is 0.567. The van der Waals surface area contributed by atoms with Crippen molar-refractivity contribution in [2.45, 2.75) is 84.1 Å². The molecule has 2 bridgehead atoms. The molecular weight excluding hydrogens is 495 g/mol. The number of nitrogens with one attached hydrogen (secondary N) is 1. The number of para-hydroxylation sites is 1. The van der Waals surface area contributed by atoms with E-state index >= 15 is 0 Å². The lowest BCUT2D eigenvalue weighted by atomic mass is 9.43. The summed E-state index contributed by atoms with van der Waals surface area (Å²) < 4.78 is 24.7. The predicted octanol–water partition coefficient (Wildman–Crippen LogP) is 4.65. The number of ether oxygens (including phenoxy) is 2. The number of hydrogen-bond donors (Lipinski definition) is 1. The Kier molecular flexibility index (Phi) is 7.04. The van der Waals surface area contributed by atoms with Crippen molar-refractivity contribution >= 4 is 19.0 Å². The lowest BCUT2D eigenvalue weighted by Gasteiger charge is -2.64. The molecule has 4 fully saturated rings. The van der Waals surface area contributed by atoms with Crippen molar-refractivity contribution in [3.8, 4) is 5.75 Å². The van der Waals surface area contributed by atoms with Crippen LogP contribution < -0.4 is 10.1 Å². The average Bonchev–Trinajstić information content (AvgIpc) is 3.24. The summed E-state index contributed by atoms with van der Waals surface area (Å²) in [5, 5.41) is 3.15. The Labute approximate surface area is 231 Å². The first-order valence-electron chi connectivity index (χ1n) is 13.8. The molecule has 6 rings (SSSR count). The van der Waals surface area contributed by atoms with Gasteiger partial charge in [-0.2, -0.15) is 0 Å². The number of methoxy groups -OCH3 is 1. The number of aromatic nitrogens is 1. The van der Waals surface area contributed by atoms with Crippen molar-refractivity contribution in [3.05, 3.63) is 59.4 Å². The fourth-order valence-corrected chi connectivity index (χ4v) is 6.76. The van der Waals surface area contributed by atoms with Gasteiger partial charge in [-0.15, -0.1) is 0 Å². The van der Waals surface area contributed by atoms with E-state index in [2.05, 4.69) is 31.1 Å². The van der Waals surface area contributed by atoms with Crippen LogP contribution in [0, 0.1) is 17.3 Å². The highest BCUT2D eigenvalue weighted by Gasteiger charge is 2.68. The van der Waals surface area contributed by atoms with Crippen LogP contribution in [0.1, 0.15) is 80.7 Å². The van der Waals surface area contributed by atoms with E-state index in [1.165, 1.54) is 7.11 Å². The summed E-state index contributed by atoms with van der Waals surface area (Å²) in [7, 11) is 0.876. The smallest absolute Gasteiger partial charge is 0.482 e.